The van der Waals surface area contributed by atoms with Gasteiger partial charge in [-0.05, 0) is 50.7 Å². The Labute approximate surface area is 106 Å². The molecule has 0 aliphatic carbocycles. The molecule has 1 aliphatic rings. The fourth-order valence-corrected chi connectivity index (χ4v) is 2.60. The van der Waals surface area contributed by atoms with E-state index in [0.717, 1.165) is 18.7 Å². The van der Waals surface area contributed by atoms with Crippen LogP contribution in [0.4, 0.5) is 0 Å². The smallest absolute Gasteiger partial charge is 0.314 e. The number of carbonyl (C=O) groups is 1. The first-order valence-corrected chi connectivity index (χ1v) is 6.10. The van der Waals surface area contributed by atoms with E-state index in [1.807, 2.05) is 19.2 Å². The minimum absolute atomic E-state index is 0.599. The van der Waals surface area contributed by atoms with Crippen molar-refractivity contribution in [3.63, 3.8) is 0 Å². The van der Waals surface area contributed by atoms with Crippen LogP contribution in [-0.2, 0) is 10.2 Å². The highest BCUT2D eigenvalue weighted by Crippen LogP contribution is 2.36. The fourth-order valence-electron chi connectivity index (χ4n) is 2.41. The first-order chi connectivity index (χ1) is 8.04. The van der Waals surface area contributed by atoms with Crippen molar-refractivity contribution in [2.45, 2.75) is 18.3 Å². The van der Waals surface area contributed by atoms with Gasteiger partial charge < -0.3 is 10.0 Å². The molecule has 0 radical (unpaired) electrons. The molecule has 1 aliphatic heterocycles. The van der Waals surface area contributed by atoms with Gasteiger partial charge >= 0.3 is 5.97 Å². The van der Waals surface area contributed by atoms with E-state index in [1.165, 1.54) is 0 Å². The Kier molecular flexibility index (Phi) is 3.40. The molecule has 0 bridgehead atoms. The van der Waals surface area contributed by atoms with Gasteiger partial charge in [-0.25, -0.2) is 0 Å². The topological polar surface area (TPSA) is 40.5 Å². The van der Waals surface area contributed by atoms with E-state index in [-0.39, 0.29) is 0 Å². The summed E-state index contributed by atoms with van der Waals surface area (Å²) in [6.45, 7) is 1.61. The van der Waals surface area contributed by atoms with Crippen LogP contribution in [0.25, 0.3) is 0 Å². The number of carboxylic acid groups (broad SMARTS) is 1. The molecule has 1 saturated heterocycles. The van der Waals surface area contributed by atoms with Gasteiger partial charge in [-0.3, -0.25) is 4.79 Å². The zero-order chi connectivity index (χ0) is 12.5. The maximum Gasteiger partial charge on any atom is 0.314 e. The molecule has 0 spiro atoms. The molecule has 1 aromatic rings. The highest BCUT2D eigenvalue weighted by atomic mass is 35.5. The van der Waals surface area contributed by atoms with Crippen LogP contribution < -0.4 is 0 Å². The van der Waals surface area contributed by atoms with Crippen LogP contribution >= 0.6 is 11.6 Å². The molecular weight excluding hydrogens is 238 g/mol. The molecule has 0 amide bonds. The zero-order valence-corrected chi connectivity index (χ0v) is 10.6. The Morgan fingerprint density at radius 2 is 2.06 bits per heavy atom. The average molecular weight is 254 g/mol. The van der Waals surface area contributed by atoms with Crippen molar-refractivity contribution in [3.05, 3.63) is 34.9 Å². The number of piperidine rings is 1. The second-order valence-electron chi connectivity index (χ2n) is 4.70. The molecule has 1 aromatic carbocycles. The maximum absolute atomic E-state index is 11.6. The van der Waals surface area contributed by atoms with E-state index in [1.54, 1.807) is 12.1 Å². The normalized spacial score (nSPS) is 20.1. The summed E-state index contributed by atoms with van der Waals surface area (Å²) in [5, 5.41) is 10.2. The van der Waals surface area contributed by atoms with Crippen molar-refractivity contribution in [2.24, 2.45) is 0 Å². The summed E-state index contributed by atoms with van der Waals surface area (Å²) in [4.78, 5) is 13.8. The molecule has 2 rings (SSSR count). The van der Waals surface area contributed by atoms with Crippen LogP contribution in [0.5, 0.6) is 0 Å². The summed E-state index contributed by atoms with van der Waals surface area (Å²) in [7, 11) is 2.02. The Morgan fingerprint density at radius 3 is 2.59 bits per heavy atom. The zero-order valence-electron chi connectivity index (χ0n) is 9.82. The third-order valence-electron chi connectivity index (χ3n) is 3.63. The number of rotatable bonds is 2. The number of carboxylic acids is 1. The monoisotopic (exact) mass is 253 g/mol. The van der Waals surface area contributed by atoms with Gasteiger partial charge in [0.2, 0.25) is 0 Å². The van der Waals surface area contributed by atoms with Gasteiger partial charge in [0.05, 0.1) is 5.41 Å². The van der Waals surface area contributed by atoms with E-state index in [9.17, 15) is 9.90 Å². The van der Waals surface area contributed by atoms with Gasteiger partial charge in [0.25, 0.3) is 0 Å². The first kappa shape index (κ1) is 12.4. The second kappa shape index (κ2) is 4.67. The predicted molar refractivity (Wildman–Crippen MR) is 67.5 cm³/mol. The largest absolute Gasteiger partial charge is 0.481 e. The van der Waals surface area contributed by atoms with Crippen molar-refractivity contribution in [1.29, 1.82) is 0 Å². The number of nitrogens with zero attached hydrogens (tertiary/aromatic N) is 1. The Morgan fingerprint density at radius 1 is 1.41 bits per heavy atom. The molecular formula is C13H16ClNO2. The molecule has 92 valence electrons. The van der Waals surface area contributed by atoms with Gasteiger partial charge in [0, 0.05) is 5.02 Å². The maximum atomic E-state index is 11.6. The summed E-state index contributed by atoms with van der Waals surface area (Å²) >= 11 is 5.96. The molecule has 0 atom stereocenters. The SMILES string of the molecule is CN1CCC(C(=O)O)(c2cccc(Cl)c2)CC1. The number of halogens is 1. The lowest BCUT2D eigenvalue weighted by Gasteiger charge is -2.37. The summed E-state index contributed by atoms with van der Waals surface area (Å²) in [5.74, 6) is -0.743. The minimum Gasteiger partial charge on any atom is -0.481 e. The Bertz CT molecular complexity index is 425. The number of benzene rings is 1. The van der Waals surface area contributed by atoms with Crippen LogP contribution in [-0.4, -0.2) is 36.1 Å². The number of hydrogen-bond acceptors (Lipinski definition) is 2. The highest BCUT2D eigenvalue weighted by molar-refractivity contribution is 6.30. The summed E-state index contributed by atoms with van der Waals surface area (Å²) in [5.41, 5.74) is 0.0582. The average Bonchev–Trinajstić information content (AvgIpc) is 2.30. The lowest BCUT2D eigenvalue weighted by atomic mass is 9.73. The number of hydrogen-bond donors (Lipinski definition) is 1. The van der Waals surface area contributed by atoms with Gasteiger partial charge in [-0.1, -0.05) is 23.7 Å². The molecule has 0 aromatic heterocycles. The molecule has 3 nitrogen and oxygen atoms in total. The third-order valence-corrected chi connectivity index (χ3v) is 3.86. The summed E-state index contributed by atoms with van der Waals surface area (Å²) < 4.78 is 0. The molecule has 0 saturated carbocycles. The molecule has 4 heteroatoms. The molecule has 1 heterocycles. The fraction of sp³-hybridized carbons (Fsp3) is 0.462. The van der Waals surface area contributed by atoms with Gasteiger partial charge in [-0.2, -0.15) is 0 Å². The van der Waals surface area contributed by atoms with Crippen LogP contribution in [0.1, 0.15) is 18.4 Å². The van der Waals surface area contributed by atoms with E-state index in [4.69, 9.17) is 11.6 Å². The highest BCUT2D eigenvalue weighted by Gasteiger charge is 2.42. The quantitative estimate of drug-likeness (QED) is 0.880. The third kappa shape index (κ3) is 2.31. The van der Waals surface area contributed by atoms with Crippen LogP contribution in [0.2, 0.25) is 5.02 Å². The number of likely N-dealkylation sites (tertiary alicyclic amines) is 1. The second-order valence-corrected chi connectivity index (χ2v) is 5.14. The molecule has 1 N–H and O–H groups in total. The van der Waals surface area contributed by atoms with Crippen molar-refractivity contribution >= 4 is 17.6 Å². The van der Waals surface area contributed by atoms with Crippen LogP contribution in [0.15, 0.2) is 24.3 Å². The standard InChI is InChI=1S/C13H16ClNO2/c1-15-7-5-13(6-8-15,12(16)17)10-3-2-4-11(14)9-10/h2-4,9H,5-8H2,1H3,(H,16,17). The van der Waals surface area contributed by atoms with Crippen molar-refractivity contribution in [1.82, 2.24) is 4.90 Å². The van der Waals surface area contributed by atoms with E-state index in [2.05, 4.69) is 4.90 Å². The van der Waals surface area contributed by atoms with Crippen molar-refractivity contribution in [3.8, 4) is 0 Å². The Balaban J connectivity index is 2.38. The summed E-state index contributed by atoms with van der Waals surface area (Å²) in [6.07, 6.45) is 1.28. The van der Waals surface area contributed by atoms with E-state index < -0.39 is 11.4 Å². The lowest BCUT2D eigenvalue weighted by molar-refractivity contribution is -0.145. The van der Waals surface area contributed by atoms with Crippen LogP contribution in [0, 0.1) is 0 Å². The molecule has 1 fully saturated rings. The predicted octanol–water partition coefficient (Wildman–Crippen LogP) is 2.39. The molecule has 17 heavy (non-hydrogen) atoms. The number of aliphatic carboxylic acids is 1. The first-order valence-electron chi connectivity index (χ1n) is 5.72. The van der Waals surface area contributed by atoms with Crippen LogP contribution in [0.3, 0.4) is 0 Å². The summed E-state index contributed by atoms with van der Waals surface area (Å²) in [6, 6.07) is 7.24. The van der Waals surface area contributed by atoms with E-state index in [0.29, 0.717) is 17.9 Å². The van der Waals surface area contributed by atoms with Crippen molar-refractivity contribution < 1.29 is 9.90 Å². The van der Waals surface area contributed by atoms with Gasteiger partial charge in [0.1, 0.15) is 0 Å². The van der Waals surface area contributed by atoms with Gasteiger partial charge in [0.15, 0.2) is 0 Å². The van der Waals surface area contributed by atoms with E-state index >= 15 is 0 Å². The lowest BCUT2D eigenvalue weighted by Crippen LogP contribution is -2.46. The molecule has 0 unspecified atom stereocenters. The minimum atomic E-state index is -0.766. The van der Waals surface area contributed by atoms with Gasteiger partial charge in [-0.15, -0.1) is 0 Å². The Hall–Kier alpha value is -1.06. The van der Waals surface area contributed by atoms with Crippen molar-refractivity contribution in [2.75, 3.05) is 20.1 Å².